The fourth-order valence-corrected chi connectivity index (χ4v) is 1.47. The molecule has 94 valence electrons. The quantitative estimate of drug-likeness (QED) is 0.777. The van der Waals surface area contributed by atoms with Crippen LogP contribution in [0.25, 0.3) is 0 Å². The standard InChI is InChI=1S/C12H18N2O3/c1-14(7-8-16-2)12(15)11-9(13)5-4-6-10(11)17-3/h4-6H,7-8,13H2,1-3H3. The van der Waals surface area contributed by atoms with Crippen molar-refractivity contribution >= 4 is 11.6 Å². The molecule has 17 heavy (non-hydrogen) atoms. The molecule has 2 N–H and O–H groups in total. The van der Waals surface area contributed by atoms with Crippen molar-refractivity contribution in [3.05, 3.63) is 23.8 Å². The average Bonchev–Trinajstić information content (AvgIpc) is 2.34. The third-order valence-electron chi connectivity index (χ3n) is 2.47. The van der Waals surface area contributed by atoms with Crippen molar-refractivity contribution in [3.8, 4) is 5.75 Å². The number of hydrogen-bond donors (Lipinski definition) is 1. The molecule has 1 aromatic carbocycles. The van der Waals surface area contributed by atoms with Gasteiger partial charge in [-0.1, -0.05) is 6.07 Å². The maximum Gasteiger partial charge on any atom is 0.259 e. The molecule has 0 radical (unpaired) electrons. The summed E-state index contributed by atoms with van der Waals surface area (Å²) in [5, 5.41) is 0. The molecule has 5 nitrogen and oxygen atoms in total. The number of amides is 1. The highest BCUT2D eigenvalue weighted by Gasteiger charge is 2.19. The maximum absolute atomic E-state index is 12.2. The lowest BCUT2D eigenvalue weighted by Crippen LogP contribution is -2.30. The second-order valence-electron chi connectivity index (χ2n) is 3.64. The van der Waals surface area contributed by atoms with Crippen LogP contribution in [0.4, 0.5) is 5.69 Å². The van der Waals surface area contributed by atoms with Gasteiger partial charge in [-0.2, -0.15) is 0 Å². The molecule has 1 amide bonds. The van der Waals surface area contributed by atoms with Crippen LogP contribution in [0.2, 0.25) is 0 Å². The lowest BCUT2D eigenvalue weighted by Gasteiger charge is -2.19. The number of nitrogen functional groups attached to an aromatic ring is 1. The van der Waals surface area contributed by atoms with Crippen LogP contribution in [0.15, 0.2) is 18.2 Å². The van der Waals surface area contributed by atoms with Gasteiger partial charge in [0.05, 0.1) is 13.7 Å². The Labute approximate surface area is 101 Å². The van der Waals surface area contributed by atoms with Crippen molar-refractivity contribution in [2.75, 3.05) is 40.2 Å². The summed E-state index contributed by atoms with van der Waals surface area (Å²) in [7, 11) is 4.81. The molecule has 0 aliphatic carbocycles. The average molecular weight is 238 g/mol. The zero-order valence-electron chi connectivity index (χ0n) is 10.4. The Morgan fingerprint density at radius 3 is 2.71 bits per heavy atom. The molecule has 0 unspecified atom stereocenters. The second-order valence-corrected chi connectivity index (χ2v) is 3.64. The summed E-state index contributed by atoms with van der Waals surface area (Å²) in [4.78, 5) is 13.7. The van der Waals surface area contributed by atoms with Gasteiger partial charge in [0.2, 0.25) is 0 Å². The summed E-state index contributed by atoms with van der Waals surface area (Å²) in [6.07, 6.45) is 0. The molecule has 0 fully saturated rings. The lowest BCUT2D eigenvalue weighted by atomic mass is 10.1. The smallest absolute Gasteiger partial charge is 0.259 e. The summed E-state index contributed by atoms with van der Waals surface area (Å²) >= 11 is 0. The molecule has 0 aliphatic heterocycles. The number of likely N-dealkylation sites (N-methyl/N-ethyl adjacent to an activating group) is 1. The van der Waals surface area contributed by atoms with Gasteiger partial charge in [-0.3, -0.25) is 4.79 Å². The molecule has 0 saturated heterocycles. The zero-order valence-corrected chi connectivity index (χ0v) is 10.4. The van der Waals surface area contributed by atoms with Gasteiger partial charge in [-0.05, 0) is 12.1 Å². The number of ether oxygens (including phenoxy) is 2. The number of benzene rings is 1. The minimum atomic E-state index is -0.169. The Hall–Kier alpha value is -1.75. The Morgan fingerprint density at radius 1 is 1.41 bits per heavy atom. The van der Waals surface area contributed by atoms with Gasteiger partial charge >= 0.3 is 0 Å². The fraction of sp³-hybridized carbons (Fsp3) is 0.417. The van der Waals surface area contributed by atoms with E-state index in [1.807, 2.05) is 0 Å². The van der Waals surface area contributed by atoms with Crippen LogP contribution in [0.3, 0.4) is 0 Å². The van der Waals surface area contributed by atoms with E-state index in [1.54, 1.807) is 37.3 Å². The van der Waals surface area contributed by atoms with Gasteiger partial charge in [0, 0.05) is 26.4 Å². The number of hydrogen-bond acceptors (Lipinski definition) is 4. The van der Waals surface area contributed by atoms with Crippen LogP contribution in [0.1, 0.15) is 10.4 Å². The Kier molecular flexibility index (Phi) is 4.78. The van der Waals surface area contributed by atoms with E-state index in [4.69, 9.17) is 15.2 Å². The normalized spacial score (nSPS) is 10.1. The monoisotopic (exact) mass is 238 g/mol. The molecule has 0 saturated carbocycles. The first-order chi connectivity index (χ1) is 8.11. The molecule has 0 atom stereocenters. The summed E-state index contributed by atoms with van der Waals surface area (Å²) in [6, 6.07) is 5.15. The third-order valence-corrected chi connectivity index (χ3v) is 2.47. The maximum atomic E-state index is 12.2. The molecule has 0 aliphatic rings. The Bertz CT molecular complexity index is 393. The summed E-state index contributed by atoms with van der Waals surface area (Å²) in [6.45, 7) is 0.990. The minimum absolute atomic E-state index is 0.169. The van der Waals surface area contributed by atoms with Gasteiger partial charge in [0.15, 0.2) is 0 Å². The molecule has 0 heterocycles. The van der Waals surface area contributed by atoms with Crippen LogP contribution in [0, 0.1) is 0 Å². The van der Waals surface area contributed by atoms with Crippen molar-refractivity contribution in [2.45, 2.75) is 0 Å². The zero-order chi connectivity index (χ0) is 12.8. The molecule has 0 aromatic heterocycles. The van der Waals surface area contributed by atoms with E-state index in [0.29, 0.717) is 30.2 Å². The molecule has 0 spiro atoms. The summed E-state index contributed by atoms with van der Waals surface area (Å²) in [5.74, 6) is 0.316. The minimum Gasteiger partial charge on any atom is -0.496 e. The largest absolute Gasteiger partial charge is 0.496 e. The van der Waals surface area contributed by atoms with Crippen molar-refractivity contribution in [1.82, 2.24) is 4.90 Å². The number of carbonyl (C=O) groups excluding carboxylic acids is 1. The molecule has 0 bridgehead atoms. The summed E-state index contributed by atoms with van der Waals surface area (Å²) in [5.41, 5.74) is 6.62. The summed E-state index contributed by atoms with van der Waals surface area (Å²) < 4.78 is 10.1. The number of anilines is 1. The highest BCUT2D eigenvalue weighted by atomic mass is 16.5. The van der Waals surface area contributed by atoms with E-state index < -0.39 is 0 Å². The van der Waals surface area contributed by atoms with Crippen molar-refractivity contribution in [2.24, 2.45) is 0 Å². The van der Waals surface area contributed by atoms with E-state index in [9.17, 15) is 4.79 Å². The number of nitrogens with two attached hydrogens (primary N) is 1. The molecular weight excluding hydrogens is 220 g/mol. The number of methoxy groups -OCH3 is 2. The Morgan fingerprint density at radius 2 is 2.12 bits per heavy atom. The van der Waals surface area contributed by atoms with Crippen molar-refractivity contribution < 1.29 is 14.3 Å². The van der Waals surface area contributed by atoms with Crippen LogP contribution in [-0.2, 0) is 4.74 Å². The predicted molar refractivity (Wildman–Crippen MR) is 66.2 cm³/mol. The van der Waals surface area contributed by atoms with Crippen molar-refractivity contribution in [3.63, 3.8) is 0 Å². The first-order valence-corrected chi connectivity index (χ1v) is 5.28. The molecular formula is C12H18N2O3. The first-order valence-electron chi connectivity index (χ1n) is 5.28. The lowest BCUT2D eigenvalue weighted by molar-refractivity contribution is 0.0742. The van der Waals surface area contributed by atoms with E-state index in [1.165, 1.54) is 7.11 Å². The molecule has 1 aromatic rings. The predicted octanol–water partition coefficient (Wildman–Crippen LogP) is 0.996. The van der Waals surface area contributed by atoms with Gasteiger partial charge in [0.1, 0.15) is 11.3 Å². The fourth-order valence-electron chi connectivity index (χ4n) is 1.47. The number of carbonyl (C=O) groups is 1. The van der Waals surface area contributed by atoms with Crippen LogP contribution in [-0.4, -0.2) is 45.2 Å². The number of rotatable bonds is 5. The highest BCUT2D eigenvalue weighted by molar-refractivity contribution is 6.01. The highest BCUT2D eigenvalue weighted by Crippen LogP contribution is 2.25. The Balaban J connectivity index is 2.95. The van der Waals surface area contributed by atoms with E-state index in [2.05, 4.69) is 0 Å². The van der Waals surface area contributed by atoms with E-state index in [-0.39, 0.29) is 5.91 Å². The topological polar surface area (TPSA) is 64.8 Å². The second kappa shape index (κ2) is 6.10. The van der Waals surface area contributed by atoms with Crippen LogP contribution >= 0.6 is 0 Å². The van der Waals surface area contributed by atoms with Crippen molar-refractivity contribution in [1.29, 1.82) is 0 Å². The SMILES string of the molecule is COCCN(C)C(=O)c1c(N)cccc1OC. The van der Waals surface area contributed by atoms with Gasteiger partial charge in [-0.15, -0.1) is 0 Å². The number of nitrogens with zero attached hydrogens (tertiary/aromatic N) is 1. The van der Waals surface area contributed by atoms with E-state index >= 15 is 0 Å². The van der Waals surface area contributed by atoms with Crippen LogP contribution in [0.5, 0.6) is 5.75 Å². The molecule has 1 rings (SSSR count). The van der Waals surface area contributed by atoms with Gasteiger partial charge in [0.25, 0.3) is 5.91 Å². The van der Waals surface area contributed by atoms with E-state index in [0.717, 1.165) is 0 Å². The van der Waals surface area contributed by atoms with Gasteiger partial charge in [-0.25, -0.2) is 0 Å². The van der Waals surface area contributed by atoms with Gasteiger partial charge < -0.3 is 20.1 Å². The van der Waals surface area contributed by atoms with Crippen LogP contribution < -0.4 is 10.5 Å². The third kappa shape index (κ3) is 3.10. The first kappa shape index (κ1) is 13.3. The molecule has 5 heteroatoms.